The Labute approximate surface area is 123 Å². The molecular weight excluding hydrogens is 276 g/mol. The summed E-state index contributed by atoms with van der Waals surface area (Å²) in [5.41, 5.74) is 0.791. The largest absolute Gasteiger partial charge is 0.497 e. The molecule has 0 saturated carbocycles. The molecule has 7 heteroatoms. The average Bonchev–Trinajstić information content (AvgIpc) is 2.43. The number of ether oxygens (including phenoxy) is 2. The van der Waals surface area contributed by atoms with Crippen LogP contribution in [-0.2, 0) is 11.3 Å². The second-order valence-electron chi connectivity index (χ2n) is 4.50. The van der Waals surface area contributed by atoms with Crippen molar-refractivity contribution in [2.24, 2.45) is 0 Å². The van der Waals surface area contributed by atoms with Gasteiger partial charge in [-0.05, 0) is 19.1 Å². The fraction of sp³-hybridized carbons (Fsp3) is 0.429. The highest BCUT2D eigenvalue weighted by atomic mass is 16.5. The maximum atomic E-state index is 11.7. The van der Waals surface area contributed by atoms with Crippen molar-refractivity contribution < 1.29 is 24.2 Å². The van der Waals surface area contributed by atoms with E-state index in [1.54, 1.807) is 32.2 Å². The SMILES string of the molecule is COc1ccc(CNC(=O)NC(C)CC(=O)O)c(OC)c1. The van der Waals surface area contributed by atoms with E-state index < -0.39 is 18.0 Å². The summed E-state index contributed by atoms with van der Waals surface area (Å²) in [5.74, 6) is 0.308. The Hall–Kier alpha value is -2.44. The lowest BCUT2D eigenvalue weighted by Gasteiger charge is -2.14. The number of hydrogen-bond donors (Lipinski definition) is 3. The van der Waals surface area contributed by atoms with Gasteiger partial charge in [0, 0.05) is 24.2 Å². The van der Waals surface area contributed by atoms with E-state index in [0.29, 0.717) is 11.5 Å². The van der Waals surface area contributed by atoms with Gasteiger partial charge in [0.1, 0.15) is 11.5 Å². The van der Waals surface area contributed by atoms with Crippen LogP contribution in [0.3, 0.4) is 0 Å². The zero-order valence-corrected chi connectivity index (χ0v) is 12.3. The van der Waals surface area contributed by atoms with Gasteiger partial charge in [0.2, 0.25) is 0 Å². The third kappa shape index (κ3) is 5.60. The normalized spacial score (nSPS) is 11.4. The van der Waals surface area contributed by atoms with Gasteiger partial charge in [-0.2, -0.15) is 0 Å². The van der Waals surface area contributed by atoms with E-state index in [1.807, 2.05) is 0 Å². The van der Waals surface area contributed by atoms with Gasteiger partial charge < -0.3 is 25.2 Å². The van der Waals surface area contributed by atoms with Gasteiger partial charge in [-0.15, -0.1) is 0 Å². The Morgan fingerprint density at radius 1 is 1.29 bits per heavy atom. The number of nitrogens with one attached hydrogen (secondary N) is 2. The quantitative estimate of drug-likeness (QED) is 0.706. The summed E-state index contributed by atoms with van der Waals surface area (Å²) >= 11 is 0. The predicted molar refractivity (Wildman–Crippen MR) is 76.6 cm³/mol. The molecule has 0 radical (unpaired) electrons. The molecule has 7 nitrogen and oxygen atoms in total. The summed E-state index contributed by atoms with van der Waals surface area (Å²) in [7, 11) is 3.09. The van der Waals surface area contributed by atoms with Crippen molar-refractivity contribution in [1.29, 1.82) is 0 Å². The molecule has 21 heavy (non-hydrogen) atoms. The first-order valence-corrected chi connectivity index (χ1v) is 6.43. The number of methoxy groups -OCH3 is 2. The summed E-state index contributed by atoms with van der Waals surface area (Å²) in [6.45, 7) is 1.89. The molecule has 0 aliphatic rings. The number of carbonyl (C=O) groups is 2. The molecule has 0 bridgehead atoms. The maximum Gasteiger partial charge on any atom is 0.315 e. The van der Waals surface area contributed by atoms with Crippen LogP contribution in [0.1, 0.15) is 18.9 Å². The van der Waals surface area contributed by atoms with Crippen LogP contribution in [0.2, 0.25) is 0 Å². The standard InChI is InChI=1S/C14H20N2O5/c1-9(6-13(17)18)16-14(19)15-8-10-4-5-11(20-2)7-12(10)21-3/h4-5,7,9H,6,8H2,1-3H3,(H,17,18)(H2,15,16,19). The molecule has 2 amide bonds. The monoisotopic (exact) mass is 296 g/mol. The lowest BCUT2D eigenvalue weighted by Crippen LogP contribution is -2.41. The molecule has 1 rings (SSSR count). The van der Waals surface area contributed by atoms with Crippen LogP contribution >= 0.6 is 0 Å². The predicted octanol–water partition coefficient (Wildman–Crippen LogP) is 1.37. The summed E-state index contributed by atoms with van der Waals surface area (Å²) in [6.07, 6.45) is -0.126. The molecule has 0 aromatic heterocycles. The molecule has 0 aliphatic carbocycles. The van der Waals surface area contributed by atoms with Crippen molar-refractivity contribution in [3.8, 4) is 11.5 Å². The minimum atomic E-state index is -0.959. The maximum absolute atomic E-state index is 11.7. The molecule has 1 atom stereocenters. The van der Waals surface area contributed by atoms with Crippen molar-refractivity contribution in [3.05, 3.63) is 23.8 Å². The zero-order chi connectivity index (χ0) is 15.8. The zero-order valence-electron chi connectivity index (χ0n) is 12.3. The highest BCUT2D eigenvalue weighted by Gasteiger charge is 2.11. The molecule has 1 unspecified atom stereocenters. The average molecular weight is 296 g/mol. The van der Waals surface area contributed by atoms with E-state index in [-0.39, 0.29) is 13.0 Å². The molecule has 1 aromatic rings. The molecule has 0 saturated heterocycles. The van der Waals surface area contributed by atoms with Crippen LogP contribution in [0, 0.1) is 0 Å². The van der Waals surface area contributed by atoms with Gasteiger partial charge >= 0.3 is 12.0 Å². The smallest absolute Gasteiger partial charge is 0.315 e. The van der Waals surface area contributed by atoms with Crippen molar-refractivity contribution in [3.63, 3.8) is 0 Å². The van der Waals surface area contributed by atoms with Gasteiger partial charge in [-0.3, -0.25) is 4.79 Å². The van der Waals surface area contributed by atoms with E-state index in [1.165, 1.54) is 7.11 Å². The second kappa shape index (κ2) is 7.98. The van der Waals surface area contributed by atoms with Crippen LogP contribution in [0.4, 0.5) is 4.79 Å². The number of carbonyl (C=O) groups excluding carboxylic acids is 1. The van der Waals surface area contributed by atoms with Gasteiger partial charge in [-0.25, -0.2) is 4.79 Å². The Morgan fingerprint density at radius 3 is 2.57 bits per heavy atom. The second-order valence-corrected chi connectivity index (χ2v) is 4.50. The number of amides is 2. The van der Waals surface area contributed by atoms with E-state index in [2.05, 4.69) is 10.6 Å². The molecule has 116 valence electrons. The number of carboxylic acids is 1. The highest BCUT2D eigenvalue weighted by Crippen LogP contribution is 2.24. The topological polar surface area (TPSA) is 96.9 Å². The fourth-order valence-corrected chi connectivity index (χ4v) is 1.76. The first-order chi connectivity index (χ1) is 9.96. The Bertz CT molecular complexity index is 504. The Morgan fingerprint density at radius 2 is 2.00 bits per heavy atom. The molecule has 3 N–H and O–H groups in total. The van der Waals surface area contributed by atoms with Gasteiger partial charge in [0.15, 0.2) is 0 Å². The Kier molecular flexibility index (Phi) is 6.32. The molecule has 0 spiro atoms. The number of aliphatic carboxylic acids is 1. The first-order valence-electron chi connectivity index (χ1n) is 6.43. The van der Waals surface area contributed by atoms with Crippen molar-refractivity contribution in [2.45, 2.75) is 25.9 Å². The van der Waals surface area contributed by atoms with Crippen molar-refractivity contribution >= 4 is 12.0 Å². The minimum absolute atomic E-state index is 0.126. The molecule has 0 heterocycles. The summed E-state index contributed by atoms with van der Waals surface area (Å²) < 4.78 is 10.3. The van der Waals surface area contributed by atoms with Gasteiger partial charge in [0.05, 0.1) is 20.6 Å². The van der Waals surface area contributed by atoms with E-state index in [0.717, 1.165) is 5.56 Å². The number of carboxylic acid groups (broad SMARTS) is 1. The number of benzene rings is 1. The van der Waals surface area contributed by atoms with Crippen molar-refractivity contribution in [1.82, 2.24) is 10.6 Å². The lowest BCUT2D eigenvalue weighted by atomic mass is 10.2. The molecule has 1 aromatic carbocycles. The minimum Gasteiger partial charge on any atom is -0.497 e. The molecule has 0 aliphatic heterocycles. The summed E-state index contributed by atoms with van der Waals surface area (Å²) in [4.78, 5) is 22.2. The number of urea groups is 1. The Balaban J connectivity index is 2.54. The van der Waals surface area contributed by atoms with E-state index >= 15 is 0 Å². The number of rotatable bonds is 7. The van der Waals surface area contributed by atoms with E-state index in [4.69, 9.17) is 14.6 Å². The van der Waals surface area contributed by atoms with Gasteiger partial charge in [-0.1, -0.05) is 0 Å². The van der Waals surface area contributed by atoms with Gasteiger partial charge in [0.25, 0.3) is 0 Å². The lowest BCUT2D eigenvalue weighted by molar-refractivity contribution is -0.137. The van der Waals surface area contributed by atoms with Crippen LogP contribution < -0.4 is 20.1 Å². The third-order valence-electron chi connectivity index (χ3n) is 2.79. The van der Waals surface area contributed by atoms with Crippen LogP contribution in [0.15, 0.2) is 18.2 Å². The summed E-state index contributed by atoms with van der Waals surface area (Å²) in [6, 6.07) is 4.41. The fourth-order valence-electron chi connectivity index (χ4n) is 1.76. The van der Waals surface area contributed by atoms with Crippen LogP contribution in [0.25, 0.3) is 0 Å². The van der Waals surface area contributed by atoms with Crippen molar-refractivity contribution in [2.75, 3.05) is 14.2 Å². The molecular formula is C14H20N2O5. The first kappa shape index (κ1) is 16.6. The van der Waals surface area contributed by atoms with Crippen LogP contribution in [0.5, 0.6) is 11.5 Å². The van der Waals surface area contributed by atoms with E-state index in [9.17, 15) is 9.59 Å². The molecule has 0 fully saturated rings. The summed E-state index contributed by atoms with van der Waals surface area (Å²) in [5, 5.41) is 13.8. The van der Waals surface area contributed by atoms with Crippen LogP contribution in [-0.4, -0.2) is 37.4 Å². The number of hydrogen-bond acceptors (Lipinski definition) is 4. The third-order valence-corrected chi connectivity index (χ3v) is 2.79. The highest BCUT2D eigenvalue weighted by molar-refractivity contribution is 5.75.